The molecule has 0 atom stereocenters. The third-order valence-corrected chi connectivity index (χ3v) is 2.87. The lowest BCUT2D eigenvalue weighted by Gasteiger charge is -2.01. The van der Waals surface area contributed by atoms with Crippen LogP contribution in [0.5, 0.6) is 0 Å². The van der Waals surface area contributed by atoms with Crippen molar-refractivity contribution in [3.8, 4) is 0 Å². The van der Waals surface area contributed by atoms with Crippen molar-refractivity contribution in [1.29, 1.82) is 0 Å². The summed E-state index contributed by atoms with van der Waals surface area (Å²) >= 11 is 0. The highest BCUT2D eigenvalue weighted by Gasteiger charge is 2.05. The van der Waals surface area contributed by atoms with Crippen molar-refractivity contribution in [2.24, 2.45) is 5.73 Å². The minimum atomic E-state index is 0.761. The van der Waals surface area contributed by atoms with E-state index in [1.807, 2.05) is 0 Å². The van der Waals surface area contributed by atoms with E-state index in [4.69, 9.17) is 5.73 Å². The van der Waals surface area contributed by atoms with Gasteiger partial charge in [-0.05, 0) is 50.4 Å². The van der Waals surface area contributed by atoms with Gasteiger partial charge in [0, 0.05) is 17.1 Å². The van der Waals surface area contributed by atoms with E-state index < -0.39 is 0 Å². The lowest BCUT2D eigenvalue weighted by atomic mass is 10.0. The highest BCUT2D eigenvalue weighted by atomic mass is 14.7. The van der Waals surface area contributed by atoms with Crippen LogP contribution in [0, 0.1) is 13.8 Å². The van der Waals surface area contributed by atoms with Crippen LogP contribution in [-0.2, 0) is 6.42 Å². The average Bonchev–Trinajstić information content (AvgIpc) is 2.58. The fourth-order valence-electron chi connectivity index (χ4n) is 2.15. The van der Waals surface area contributed by atoms with Crippen LogP contribution >= 0.6 is 0 Å². The third kappa shape index (κ3) is 1.90. The maximum atomic E-state index is 5.54. The fourth-order valence-corrected chi connectivity index (χ4v) is 2.15. The van der Waals surface area contributed by atoms with Crippen LogP contribution in [0.1, 0.15) is 23.1 Å². The van der Waals surface area contributed by atoms with E-state index in [2.05, 4.69) is 37.2 Å². The molecule has 15 heavy (non-hydrogen) atoms. The smallest absolute Gasteiger partial charge is 0.0486 e. The first-order chi connectivity index (χ1) is 7.22. The Hall–Kier alpha value is -1.28. The Balaban J connectivity index is 2.49. The molecule has 0 saturated heterocycles. The first kappa shape index (κ1) is 10.2. The number of aryl methyl sites for hydroxylation is 3. The summed E-state index contributed by atoms with van der Waals surface area (Å²) in [6.07, 6.45) is 4.24. The summed E-state index contributed by atoms with van der Waals surface area (Å²) in [5.41, 5.74) is 10.9. The molecule has 0 fully saturated rings. The van der Waals surface area contributed by atoms with Crippen LogP contribution in [0.4, 0.5) is 0 Å². The van der Waals surface area contributed by atoms with E-state index in [1.54, 1.807) is 0 Å². The zero-order valence-electron chi connectivity index (χ0n) is 9.43. The Labute approximate surface area is 90.5 Å². The molecule has 80 valence electrons. The predicted molar refractivity (Wildman–Crippen MR) is 65.1 cm³/mol. The molecule has 0 unspecified atom stereocenters. The van der Waals surface area contributed by atoms with Gasteiger partial charge in [-0.3, -0.25) is 0 Å². The number of hydrogen-bond acceptors (Lipinski definition) is 1. The number of hydrogen-bond donors (Lipinski definition) is 2. The van der Waals surface area contributed by atoms with Gasteiger partial charge in [0.2, 0.25) is 0 Å². The number of nitrogens with one attached hydrogen (secondary N) is 1. The van der Waals surface area contributed by atoms with Gasteiger partial charge in [0.05, 0.1) is 0 Å². The number of aromatic nitrogens is 1. The van der Waals surface area contributed by atoms with Crippen molar-refractivity contribution in [2.75, 3.05) is 6.54 Å². The maximum Gasteiger partial charge on any atom is 0.0486 e. The summed E-state index contributed by atoms with van der Waals surface area (Å²) in [5.74, 6) is 0. The minimum absolute atomic E-state index is 0.761. The highest BCUT2D eigenvalue weighted by molar-refractivity contribution is 5.86. The maximum absolute atomic E-state index is 5.54. The SMILES string of the molecule is Cc1cc(C)c2[nH]cc(CCCN)c2c1. The second-order valence-corrected chi connectivity index (χ2v) is 4.21. The van der Waals surface area contributed by atoms with Gasteiger partial charge in [-0.1, -0.05) is 11.6 Å². The van der Waals surface area contributed by atoms with E-state index in [-0.39, 0.29) is 0 Å². The zero-order valence-corrected chi connectivity index (χ0v) is 9.43. The molecule has 0 spiro atoms. The predicted octanol–water partition coefficient (Wildman–Crippen LogP) is 2.68. The zero-order chi connectivity index (χ0) is 10.8. The van der Waals surface area contributed by atoms with Crippen LogP contribution in [-0.4, -0.2) is 11.5 Å². The number of H-pyrrole nitrogens is 1. The number of aromatic amines is 1. The van der Waals surface area contributed by atoms with Gasteiger partial charge in [-0.25, -0.2) is 0 Å². The minimum Gasteiger partial charge on any atom is -0.361 e. The number of benzene rings is 1. The molecule has 2 heteroatoms. The molecule has 0 amide bonds. The normalized spacial score (nSPS) is 11.1. The van der Waals surface area contributed by atoms with Gasteiger partial charge >= 0.3 is 0 Å². The van der Waals surface area contributed by atoms with E-state index in [0.717, 1.165) is 19.4 Å². The van der Waals surface area contributed by atoms with Crippen molar-refractivity contribution >= 4 is 10.9 Å². The lowest BCUT2D eigenvalue weighted by Crippen LogP contribution is -1.99. The van der Waals surface area contributed by atoms with Gasteiger partial charge in [0.25, 0.3) is 0 Å². The number of rotatable bonds is 3. The average molecular weight is 202 g/mol. The largest absolute Gasteiger partial charge is 0.361 e. The van der Waals surface area contributed by atoms with Crippen molar-refractivity contribution < 1.29 is 0 Å². The monoisotopic (exact) mass is 202 g/mol. The van der Waals surface area contributed by atoms with Gasteiger partial charge in [-0.2, -0.15) is 0 Å². The van der Waals surface area contributed by atoms with Crippen LogP contribution in [0.2, 0.25) is 0 Å². The van der Waals surface area contributed by atoms with Crippen LogP contribution in [0.3, 0.4) is 0 Å². The Morgan fingerprint density at radius 1 is 1.27 bits per heavy atom. The summed E-state index contributed by atoms with van der Waals surface area (Å²) in [6.45, 7) is 5.06. The molecule has 1 aromatic heterocycles. The van der Waals surface area contributed by atoms with E-state index in [1.165, 1.54) is 27.6 Å². The molecule has 0 aliphatic rings. The van der Waals surface area contributed by atoms with E-state index >= 15 is 0 Å². The van der Waals surface area contributed by atoms with E-state index in [9.17, 15) is 0 Å². The first-order valence-electron chi connectivity index (χ1n) is 5.49. The van der Waals surface area contributed by atoms with Gasteiger partial charge < -0.3 is 10.7 Å². The van der Waals surface area contributed by atoms with Crippen molar-refractivity contribution in [2.45, 2.75) is 26.7 Å². The van der Waals surface area contributed by atoms with Crippen LogP contribution in [0.25, 0.3) is 10.9 Å². The number of fused-ring (bicyclic) bond motifs is 1. The first-order valence-corrected chi connectivity index (χ1v) is 5.49. The molecule has 0 saturated carbocycles. The molecule has 1 heterocycles. The summed E-state index contributed by atoms with van der Waals surface area (Å²) in [7, 11) is 0. The van der Waals surface area contributed by atoms with Gasteiger partial charge in [0.1, 0.15) is 0 Å². The second kappa shape index (κ2) is 4.07. The van der Waals surface area contributed by atoms with Crippen molar-refractivity contribution in [1.82, 2.24) is 4.98 Å². The van der Waals surface area contributed by atoms with Crippen LogP contribution in [0.15, 0.2) is 18.3 Å². The molecule has 2 rings (SSSR count). The summed E-state index contributed by atoms with van der Waals surface area (Å²) in [6, 6.07) is 4.47. The molecule has 0 aliphatic heterocycles. The van der Waals surface area contributed by atoms with Gasteiger partial charge in [0.15, 0.2) is 0 Å². The van der Waals surface area contributed by atoms with Crippen molar-refractivity contribution in [3.05, 3.63) is 35.0 Å². The molecule has 3 N–H and O–H groups in total. The van der Waals surface area contributed by atoms with Crippen molar-refractivity contribution in [3.63, 3.8) is 0 Å². The fraction of sp³-hybridized carbons (Fsp3) is 0.385. The lowest BCUT2D eigenvalue weighted by molar-refractivity contribution is 0.837. The molecule has 1 aromatic carbocycles. The molecule has 2 aromatic rings. The van der Waals surface area contributed by atoms with Gasteiger partial charge in [-0.15, -0.1) is 0 Å². The molecule has 0 radical (unpaired) electrons. The Bertz CT molecular complexity index is 469. The summed E-state index contributed by atoms with van der Waals surface area (Å²) in [4.78, 5) is 3.35. The molecular formula is C13H18N2. The summed E-state index contributed by atoms with van der Waals surface area (Å²) < 4.78 is 0. The molecule has 2 nitrogen and oxygen atoms in total. The quantitative estimate of drug-likeness (QED) is 0.789. The second-order valence-electron chi connectivity index (χ2n) is 4.21. The Morgan fingerprint density at radius 3 is 2.80 bits per heavy atom. The highest BCUT2D eigenvalue weighted by Crippen LogP contribution is 2.23. The molecule has 0 bridgehead atoms. The topological polar surface area (TPSA) is 41.8 Å². The Kier molecular flexibility index (Phi) is 2.78. The summed E-state index contributed by atoms with van der Waals surface area (Å²) in [5, 5.41) is 1.36. The number of nitrogens with two attached hydrogens (primary N) is 1. The molecular weight excluding hydrogens is 184 g/mol. The van der Waals surface area contributed by atoms with E-state index in [0.29, 0.717) is 0 Å². The van der Waals surface area contributed by atoms with Crippen LogP contribution < -0.4 is 5.73 Å². The Morgan fingerprint density at radius 2 is 2.07 bits per heavy atom. The standard InChI is InChI=1S/C13H18N2/c1-9-6-10(2)13-12(7-9)11(8-15-13)4-3-5-14/h6-8,15H,3-5,14H2,1-2H3. The molecule has 0 aliphatic carbocycles. The third-order valence-electron chi connectivity index (χ3n) is 2.87.